The fourth-order valence-corrected chi connectivity index (χ4v) is 3.07. The zero-order valence-electron chi connectivity index (χ0n) is 15.8. The second kappa shape index (κ2) is 9.45. The molecule has 0 bridgehead atoms. The predicted molar refractivity (Wildman–Crippen MR) is 102 cm³/mol. The molecule has 0 unspecified atom stereocenters. The molecule has 0 N–H and O–H groups in total. The first-order valence-electron chi connectivity index (χ1n) is 9.35. The molecule has 1 aliphatic heterocycles. The first-order chi connectivity index (χ1) is 11.7. The Morgan fingerprint density at radius 1 is 1.04 bits per heavy atom. The summed E-state index contributed by atoms with van der Waals surface area (Å²) in [5, 5.41) is 4.34. The third-order valence-electron chi connectivity index (χ3n) is 4.50. The van der Waals surface area contributed by atoms with Crippen molar-refractivity contribution in [2.45, 2.75) is 58.8 Å². The van der Waals surface area contributed by atoms with Crippen LogP contribution in [0.1, 0.15) is 57.9 Å². The monoisotopic (exact) mass is 328 g/mol. The molecule has 3 rings (SSSR count). The van der Waals surface area contributed by atoms with Gasteiger partial charge < -0.3 is 4.90 Å². The van der Waals surface area contributed by atoms with E-state index in [1.807, 2.05) is 7.05 Å². The minimum absolute atomic E-state index is 0.809. The molecule has 0 amide bonds. The number of fused-ring (bicyclic) bond motifs is 1. The summed E-state index contributed by atoms with van der Waals surface area (Å²) < 4.78 is 1.74. The summed E-state index contributed by atoms with van der Waals surface area (Å²) >= 11 is 0. The van der Waals surface area contributed by atoms with E-state index in [4.69, 9.17) is 0 Å². The molecule has 4 heteroatoms. The molecule has 1 aromatic carbocycles. The molecule has 0 saturated carbocycles. The van der Waals surface area contributed by atoms with Crippen molar-refractivity contribution in [3.63, 3.8) is 0 Å². The summed E-state index contributed by atoms with van der Waals surface area (Å²) in [5.41, 5.74) is 3.86. The van der Waals surface area contributed by atoms with E-state index in [0.29, 0.717) is 0 Å². The van der Waals surface area contributed by atoms with Crippen molar-refractivity contribution >= 4 is 5.69 Å². The van der Waals surface area contributed by atoms with E-state index in [1.165, 1.54) is 49.8 Å². The zero-order valence-corrected chi connectivity index (χ0v) is 15.8. The molecule has 2 aromatic rings. The lowest BCUT2D eigenvalue weighted by molar-refractivity contribution is 0.656. The van der Waals surface area contributed by atoms with Crippen LogP contribution >= 0.6 is 0 Å². The van der Waals surface area contributed by atoms with Crippen molar-refractivity contribution in [3.8, 4) is 11.4 Å². The van der Waals surface area contributed by atoms with Crippen LogP contribution in [0.4, 0.5) is 5.69 Å². The summed E-state index contributed by atoms with van der Waals surface area (Å²) in [6, 6.07) is 6.51. The highest BCUT2D eigenvalue weighted by atomic mass is 15.3. The Morgan fingerprint density at radius 3 is 2.42 bits per heavy atom. The van der Waals surface area contributed by atoms with Crippen molar-refractivity contribution in [1.82, 2.24) is 14.8 Å². The number of aromatic nitrogens is 3. The van der Waals surface area contributed by atoms with Crippen LogP contribution in [0, 0.1) is 0 Å². The molecule has 2 heterocycles. The fourth-order valence-electron chi connectivity index (χ4n) is 3.07. The van der Waals surface area contributed by atoms with Gasteiger partial charge in [0, 0.05) is 31.9 Å². The lowest BCUT2D eigenvalue weighted by Gasteiger charge is -2.27. The summed E-state index contributed by atoms with van der Waals surface area (Å²) in [6.45, 7) is 5.64. The molecule has 0 atom stereocenters. The number of hydrogen-bond donors (Lipinski definition) is 0. The highest BCUT2D eigenvalue weighted by molar-refractivity contribution is 5.65. The molecule has 1 aliphatic rings. The van der Waals surface area contributed by atoms with E-state index < -0.39 is 0 Å². The Balaban J connectivity index is 0.000000256. The van der Waals surface area contributed by atoms with Gasteiger partial charge in [0.2, 0.25) is 0 Å². The Morgan fingerprint density at radius 2 is 1.79 bits per heavy atom. The zero-order chi connectivity index (χ0) is 17.4. The largest absolute Gasteiger partial charge is 0.374 e. The first-order valence-corrected chi connectivity index (χ1v) is 9.35. The van der Waals surface area contributed by atoms with Gasteiger partial charge in [0.15, 0.2) is 5.82 Å². The first kappa shape index (κ1) is 18.5. The van der Waals surface area contributed by atoms with E-state index in [1.54, 1.807) is 11.0 Å². The minimum atomic E-state index is 0.809. The van der Waals surface area contributed by atoms with Gasteiger partial charge in [-0.2, -0.15) is 5.10 Å². The van der Waals surface area contributed by atoms with Crippen molar-refractivity contribution in [2.24, 2.45) is 7.05 Å². The second-order valence-corrected chi connectivity index (χ2v) is 6.67. The van der Waals surface area contributed by atoms with Crippen LogP contribution < -0.4 is 4.90 Å². The van der Waals surface area contributed by atoms with Crippen LogP contribution in [0.3, 0.4) is 0 Å². The normalized spacial score (nSPS) is 13.2. The Kier molecular flexibility index (Phi) is 7.29. The molecule has 132 valence electrons. The third-order valence-corrected chi connectivity index (χ3v) is 4.50. The molecular weight excluding hydrogens is 296 g/mol. The van der Waals surface area contributed by atoms with Gasteiger partial charge in [-0.25, -0.2) is 4.98 Å². The summed E-state index contributed by atoms with van der Waals surface area (Å²) in [4.78, 5) is 6.61. The van der Waals surface area contributed by atoms with E-state index in [9.17, 15) is 0 Å². The van der Waals surface area contributed by atoms with E-state index in [0.717, 1.165) is 24.4 Å². The van der Waals surface area contributed by atoms with Gasteiger partial charge in [0.05, 0.1) is 0 Å². The van der Waals surface area contributed by atoms with Crippen molar-refractivity contribution in [2.75, 3.05) is 18.5 Å². The van der Waals surface area contributed by atoms with Crippen molar-refractivity contribution in [3.05, 3.63) is 30.1 Å². The maximum atomic E-state index is 4.34. The molecule has 0 saturated heterocycles. The van der Waals surface area contributed by atoms with Crippen LogP contribution in [0.25, 0.3) is 11.4 Å². The number of anilines is 1. The van der Waals surface area contributed by atoms with Gasteiger partial charge >= 0.3 is 0 Å². The number of unbranched alkanes of at least 4 members (excludes halogenated alkanes) is 4. The highest BCUT2D eigenvalue weighted by Crippen LogP contribution is 2.29. The van der Waals surface area contributed by atoms with Gasteiger partial charge in [-0.15, -0.1) is 0 Å². The Bertz CT molecular complexity index is 614. The second-order valence-electron chi connectivity index (χ2n) is 6.67. The van der Waals surface area contributed by atoms with Crippen LogP contribution in [0.5, 0.6) is 0 Å². The van der Waals surface area contributed by atoms with Gasteiger partial charge in [-0.05, 0) is 36.6 Å². The van der Waals surface area contributed by atoms with Gasteiger partial charge in [-0.3, -0.25) is 4.68 Å². The third kappa shape index (κ3) is 5.08. The summed E-state index contributed by atoms with van der Waals surface area (Å²) in [5.74, 6) is 0.809. The van der Waals surface area contributed by atoms with Gasteiger partial charge in [0.25, 0.3) is 0 Å². The summed E-state index contributed by atoms with van der Waals surface area (Å²) in [7, 11) is 4.04. The lowest BCUT2D eigenvalue weighted by Crippen LogP contribution is -2.24. The SMILES string of the molecule is CCCCCCC.CN1CCCc2cc(-c3ncn(C)n3)ccc21. The highest BCUT2D eigenvalue weighted by Gasteiger charge is 2.15. The number of hydrogen-bond acceptors (Lipinski definition) is 3. The minimum Gasteiger partial charge on any atom is -0.374 e. The van der Waals surface area contributed by atoms with Crippen molar-refractivity contribution in [1.29, 1.82) is 0 Å². The molecule has 0 radical (unpaired) electrons. The molecule has 4 nitrogen and oxygen atoms in total. The maximum Gasteiger partial charge on any atom is 0.181 e. The smallest absolute Gasteiger partial charge is 0.181 e. The molecular formula is C20H32N4. The molecule has 1 aromatic heterocycles. The number of aryl methyl sites for hydroxylation is 2. The number of nitrogens with zero attached hydrogens (tertiary/aromatic N) is 4. The van der Waals surface area contributed by atoms with Crippen LogP contribution in [0.2, 0.25) is 0 Å². The summed E-state index contributed by atoms with van der Waals surface area (Å²) in [6.07, 6.45) is 11.1. The van der Waals surface area contributed by atoms with E-state index >= 15 is 0 Å². The van der Waals surface area contributed by atoms with Crippen LogP contribution in [0.15, 0.2) is 24.5 Å². The molecule has 24 heavy (non-hydrogen) atoms. The average Bonchev–Trinajstić information content (AvgIpc) is 3.02. The standard InChI is InChI=1S/C13H16N4.C7H16/c1-16-7-3-4-10-8-11(5-6-12(10)16)13-14-9-17(2)15-13;1-3-5-7-6-4-2/h5-6,8-9H,3-4,7H2,1-2H3;3-7H2,1-2H3. The van der Waals surface area contributed by atoms with Crippen LogP contribution in [-0.2, 0) is 13.5 Å². The van der Waals surface area contributed by atoms with E-state index in [-0.39, 0.29) is 0 Å². The van der Waals surface area contributed by atoms with E-state index in [2.05, 4.69) is 54.1 Å². The Labute approximate surface area is 146 Å². The quantitative estimate of drug-likeness (QED) is 0.736. The van der Waals surface area contributed by atoms with Crippen LogP contribution in [-0.4, -0.2) is 28.4 Å². The predicted octanol–water partition coefficient (Wildman–Crippen LogP) is 4.84. The maximum absolute atomic E-state index is 4.34. The molecule has 0 spiro atoms. The molecule has 0 aliphatic carbocycles. The molecule has 0 fully saturated rings. The Hall–Kier alpha value is -1.84. The topological polar surface area (TPSA) is 34.0 Å². The lowest BCUT2D eigenvalue weighted by atomic mass is 9.99. The fraction of sp³-hybridized carbons (Fsp3) is 0.600. The van der Waals surface area contributed by atoms with Crippen molar-refractivity contribution < 1.29 is 0 Å². The van der Waals surface area contributed by atoms with Gasteiger partial charge in [0.1, 0.15) is 6.33 Å². The number of rotatable bonds is 5. The average molecular weight is 329 g/mol. The van der Waals surface area contributed by atoms with Gasteiger partial charge in [-0.1, -0.05) is 46.0 Å². The number of benzene rings is 1.